The van der Waals surface area contributed by atoms with E-state index < -0.39 is 10.0 Å². The third-order valence-electron chi connectivity index (χ3n) is 6.12. The molecule has 0 radical (unpaired) electrons. The molecule has 0 aromatic heterocycles. The van der Waals surface area contributed by atoms with Crippen molar-refractivity contribution in [2.24, 2.45) is 0 Å². The number of aryl methyl sites for hydroxylation is 1. The Morgan fingerprint density at radius 3 is 2.60 bits per heavy atom. The van der Waals surface area contributed by atoms with Crippen LogP contribution in [-0.2, 0) is 21.2 Å². The van der Waals surface area contributed by atoms with Crippen LogP contribution in [0.2, 0.25) is 0 Å². The molecule has 3 aromatic rings. The first kappa shape index (κ1) is 24.4. The van der Waals surface area contributed by atoms with Gasteiger partial charge < -0.3 is 19.9 Å². The first-order chi connectivity index (χ1) is 16.8. The molecule has 0 aliphatic heterocycles. The number of amides is 1. The van der Waals surface area contributed by atoms with Crippen LogP contribution in [0, 0.1) is 0 Å². The molecular weight excluding hydrogens is 468 g/mol. The van der Waals surface area contributed by atoms with Crippen molar-refractivity contribution in [2.75, 3.05) is 24.3 Å². The van der Waals surface area contributed by atoms with E-state index >= 15 is 0 Å². The molecule has 8 nitrogen and oxygen atoms in total. The maximum atomic E-state index is 13.0. The third-order valence-corrected chi connectivity index (χ3v) is 7.49. The van der Waals surface area contributed by atoms with Gasteiger partial charge in [-0.15, -0.1) is 0 Å². The maximum Gasteiger partial charge on any atom is 0.262 e. The van der Waals surface area contributed by atoms with E-state index in [-0.39, 0.29) is 40.3 Å². The molecule has 0 heterocycles. The van der Waals surface area contributed by atoms with Crippen molar-refractivity contribution in [2.45, 2.75) is 36.5 Å². The fourth-order valence-corrected chi connectivity index (χ4v) is 5.47. The van der Waals surface area contributed by atoms with Gasteiger partial charge in [-0.05, 0) is 78.8 Å². The summed E-state index contributed by atoms with van der Waals surface area (Å²) in [5, 5.41) is 13.0. The quantitative estimate of drug-likeness (QED) is 0.391. The number of carbonyl (C=O) groups is 1. The highest BCUT2D eigenvalue weighted by molar-refractivity contribution is 7.92. The second-order valence-corrected chi connectivity index (χ2v) is 10.1. The van der Waals surface area contributed by atoms with Crippen molar-refractivity contribution >= 4 is 27.3 Å². The molecule has 1 atom stereocenters. The lowest BCUT2D eigenvalue weighted by Crippen LogP contribution is -2.19. The number of para-hydroxylation sites is 2. The number of sulfonamides is 1. The van der Waals surface area contributed by atoms with Gasteiger partial charge in [0.2, 0.25) is 5.91 Å². The number of hydrogen-bond donors (Lipinski definition) is 3. The average molecular weight is 497 g/mol. The summed E-state index contributed by atoms with van der Waals surface area (Å²) >= 11 is 0. The number of carbonyl (C=O) groups excluding carboxylic acids is 1. The molecule has 9 heteroatoms. The van der Waals surface area contributed by atoms with E-state index in [0.717, 1.165) is 30.6 Å². The number of hydrogen-bond acceptors (Lipinski definition) is 6. The van der Waals surface area contributed by atoms with Gasteiger partial charge in [-0.3, -0.25) is 9.52 Å². The topological polar surface area (TPSA) is 114 Å². The lowest BCUT2D eigenvalue weighted by molar-refractivity contribution is -0.116. The van der Waals surface area contributed by atoms with E-state index in [1.54, 1.807) is 31.4 Å². The number of anilines is 2. The van der Waals surface area contributed by atoms with Gasteiger partial charge in [0.1, 0.15) is 17.2 Å². The Morgan fingerprint density at radius 1 is 1.03 bits per heavy atom. The van der Waals surface area contributed by atoms with Crippen LogP contribution < -0.4 is 19.5 Å². The molecule has 0 spiro atoms. The molecule has 35 heavy (non-hydrogen) atoms. The van der Waals surface area contributed by atoms with Gasteiger partial charge in [-0.2, -0.15) is 0 Å². The summed E-state index contributed by atoms with van der Waals surface area (Å²) in [6.07, 6.45) is 2.99. The molecule has 1 aliphatic carbocycles. The Labute approximate surface area is 205 Å². The molecule has 1 unspecified atom stereocenters. The van der Waals surface area contributed by atoms with E-state index in [1.165, 1.54) is 30.9 Å². The van der Waals surface area contributed by atoms with Gasteiger partial charge in [0.25, 0.3) is 10.0 Å². The molecule has 0 bridgehead atoms. The molecule has 0 saturated carbocycles. The lowest BCUT2D eigenvalue weighted by atomic mass is 9.81. The van der Waals surface area contributed by atoms with Gasteiger partial charge in [0, 0.05) is 6.42 Å². The summed E-state index contributed by atoms with van der Waals surface area (Å²) in [7, 11) is -0.925. The molecule has 0 fully saturated rings. The highest BCUT2D eigenvalue weighted by atomic mass is 32.2. The molecule has 1 amide bonds. The van der Waals surface area contributed by atoms with E-state index in [0.29, 0.717) is 5.75 Å². The van der Waals surface area contributed by atoms with Crippen LogP contribution in [0.4, 0.5) is 11.4 Å². The Morgan fingerprint density at radius 2 is 1.83 bits per heavy atom. The number of phenols is 1. The molecule has 4 rings (SSSR count). The van der Waals surface area contributed by atoms with Gasteiger partial charge in [0.05, 0.1) is 30.5 Å². The maximum absolute atomic E-state index is 13.0. The minimum atomic E-state index is -4.00. The van der Waals surface area contributed by atoms with Crippen molar-refractivity contribution in [3.8, 4) is 17.2 Å². The van der Waals surface area contributed by atoms with Crippen LogP contribution in [0.5, 0.6) is 17.2 Å². The highest BCUT2D eigenvalue weighted by Gasteiger charge is 2.24. The van der Waals surface area contributed by atoms with E-state index in [1.807, 2.05) is 18.2 Å². The molecular formula is C26H28N2O6S. The van der Waals surface area contributed by atoms with E-state index in [2.05, 4.69) is 10.0 Å². The smallest absolute Gasteiger partial charge is 0.262 e. The first-order valence-electron chi connectivity index (χ1n) is 11.3. The van der Waals surface area contributed by atoms with Crippen molar-refractivity contribution in [1.82, 2.24) is 0 Å². The number of phenolic OH excluding ortho intramolecular Hbond substituents is 1. The number of benzene rings is 3. The summed E-state index contributed by atoms with van der Waals surface area (Å²) in [6, 6.07) is 16.3. The number of fused-ring (bicyclic) bond motifs is 1. The van der Waals surface area contributed by atoms with E-state index in [9.17, 15) is 18.3 Å². The fourth-order valence-electron chi connectivity index (χ4n) is 4.37. The Kier molecular flexibility index (Phi) is 7.16. The predicted octanol–water partition coefficient (Wildman–Crippen LogP) is 4.66. The molecule has 0 saturated heterocycles. The zero-order chi connectivity index (χ0) is 25.0. The van der Waals surface area contributed by atoms with Gasteiger partial charge in [-0.25, -0.2) is 8.42 Å². The van der Waals surface area contributed by atoms with Crippen LogP contribution >= 0.6 is 0 Å². The minimum Gasteiger partial charge on any atom is -0.506 e. The number of aromatic hydroxyl groups is 1. The third kappa shape index (κ3) is 5.51. The van der Waals surface area contributed by atoms with Crippen LogP contribution in [0.15, 0.2) is 65.6 Å². The second kappa shape index (κ2) is 10.3. The van der Waals surface area contributed by atoms with Crippen LogP contribution in [0.3, 0.4) is 0 Å². The second-order valence-electron chi connectivity index (χ2n) is 8.39. The zero-order valence-electron chi connectivity index (χ0n) is 19.6. The number of nitrogens with one attached hydrogen (secondary N) is 2. The standard InChI is InChI=1S/C26H28N2O6S/c1-33-19-10-12-21-17(14-19)6-5-7-18(21)15-26(30)27-23-16-20(11-13-24(23)29)35(31,32)28-22-8-3-4-9-25(22)34-2/h3-4,8-14,16,18,28-29H,5-7,15H2,1-2H3,(H,27,30). The van der Waals surface area contributed by atoms with Crippen LogP contribution in [-0.4, -0.2) is 33.7 Å². The van der Waals surface area contributed by atoms with Gasteiger partial charge >= 0.3 is 0 Å². The summed E-state index contributed by atoms with van der Waals surface area (Å²) in [5.41, 5.74) is 2.60. The summed E-state index contributed by atoms with van der Waals surface area (Å²) in [4.78, 5) is 12.8. The minimum absolute atomic E-state index is 0.0312. The normalized spacial score (nSPS) is 15.1. The molecule has 1 aliphatic rings. The largest absolute Gasteiger partial charge is 0.506 e. The van der Waals surface area contributed by atoms with Crippen LogP contribution in [0.1, 0.15) is 36.3 Å². The van der Waals surface area contributed by atoms with E-state index in [4.69, 9.17) is 9.47 Å². The SMILES string of the molecule is COc1ccc2c(c1)CCCC2CC(=O)Nc1cc(S(=O)(=O)Nc2ccccc2OC)ccc1O. The molecule has 184 valence electrons. The van der Waals surface area contributed by atoms with Crippen molar-refractivity contribution in [1.29, 1.82) is 0 Å². The summed E-state index contributed by atoms with van der Waals surface area (Å²) in [5.74, 6) is 0.669. The average Bonchev–Trinajstić information content (AvgIpc) is 2.85. The molecule has 3 N–H and O–H groups in total. The number of methoxy groups -OCH3 is 2. The number of ether oxygens (including phenoxy) is 2. The van der Waals surface area contributed by atoms with Crippen molar-refractivity contribution < 1.29 is 27.8 Å². The van der Waals surface area contributed by atoms with Gasteiger partial charge in [-0.1, -0.05) is 18.2 Å². The van der Waals surface area contributed by atoms with Gasteiger partial charge in [0.15, 0.2) is 0 Å². The Balaban J connectivity index is 1.50. The lowest BCUT2D eigenvalue weighted by Gasteiger charge is -2.25. The fraction of sp³-hybridized carbons (Fsp3) is 0.269. The van der Waals surface area contributed by atoms with Crippen LogP contribution in [0.25, 0.3) is 0 Å². The Hall–Kier alpha value is -3.72. The highest BCUT2D eigenvalue weighted by Crippen LogP contribution is 2.36. The van der Waals surface area contributed by atoms with Crippen molar-refractivity contribution in [3.63, 3.8) is 0 Å². The first-order valence-corrected chi connectivity index (χ1v) is 12.7. The predicted molar refractivity (Wildman–Crippen MR) is 134 cm³/mol. The Bertz CT molecular complexity index is 1340. The summed E-state index contributed by atoms with van der Waals surface area (Å²) in [6.45, 7) is 0. The zero-order valence-corrected chi connectivity index (χ0v) is 20.4. The molecule has 3 aromatic carbocycles. The monoisotopic (exact) mass is 496 g/mol. The summed E-state index contributed by atoms with van der Waals surface area (Å²) < 4.78 is 38.9. The van der Waals surface area contributed by atoms with Crippen molar-refractivity contribution in [3.05, 3.63) is 71.8 Å². The number of rotatable bonds is 8.